The van der Waals surface area contributed by atoms with Crippen LogP contribution < -0.4 is 10.9 Å². The molecular formula is C20H21N5O2S. The first-order chi connectivity index (χ1) is 13.4. The molecule has 0 saturated carbocycles. The van der Waals surface area contributed by atoms with Crippen molar-refractivity contribution in [2.45, 2.75) is 19.0 Å². The quantitative estimate of drug-likeness (QED) is 0.512. The van der Waals surface area contributed by atoms with Crippen molar-refractivity contribution in [1.82, 2.24) is 25.6 Å². The van der Waals surface area contributed by atoms with Crippen molar-refractivity contribution in [2.24, 2.45) is 7.05 Å². The van der Waals surface area contributed by atoms with E-state index >= 15 is 0 Å². The second-order valence-electron chi connectivity index (χ2n) is 6.39. The standard InChI is InChI=1S/C20H21N5O2S/c1-13-4-8-15(9-5-13)18-22-24-20(25(18)3)28-12-17(26)21-23-19(27)16-10-6-14(2)7-11-16/h4-11H,12H2,1-3H3,(H,21,26)(H,23,27). The number of nitrogens with one attached hydrogen (secondary N) is 2. The maximum absolute atomic E-state index is 12.0. The highest BCUT2D eigenvalue weighted by molar-refractivity contribution is 7.99. The lowest BCUT2D eigenvalue weighted by molar-refractivity contribution is -0.119. The fourth-order valence-corrected chi connectivity index (χ4v) is 3.18. The second kappa shape index (κ2) is 8.71. The molecule has 144 valence electrons. The minimum absolute atomic E-state index is 0.105. The molecule has 3 rings (SSSR count). The number of hydrogen-bond acceptors (Lipinski definition) is 5. The molecule has 1 aromatic heterocycles. The van der Waals surface area contributed by atoms with E-state index in [1.807, 2.05) is 61.9 Å². The van der Waals surface area contributed by atoms with E-state index in [0.717, 1.165) is 17.0 Å². The molecule has 0 bridgehead atoms. The van der Waals surface area contributed by atoms with Gasteiger partial charge < -0.3 is 4.57 Å². The number of aromatic nitrogens is 3. The predicted molar refractivity (Wildman–Crippen MR) is 109 cm³/mol. The highest BCUT2D eigenvalue weighted by Crippen LogP contribution is 2.22. The fourth-order valence-electron chi connectivity index (χ4n) is 2.46. The SMILES string of the molecule is Cc1ccc(C(=O)NNC(=O)CSc2nnc(-c3ccc(C)cc3)n2C)cc1. The van der Waals surface area contributed by atoms with Gasteiger partial charge in [-0.05, 0) is 26.0 Å². The molecule has 0 unspecified atom stereocenters. The van der Waals surface area contributed by atoms with Gasteiger partial charge in [-0.1, -0.05) is 59.3 Å². The van der Waals surface area contributed by atoms with Crippen molar-refractivity contribution in [3.8, 4) is 11.4 Å². The molecule has 2 aromatic carbocycles. The summed E-state index contributed by atoms with van der Waals surface area (Å²) in [5.41, 5.74) is 8.50. The summed E-state index contributed by atoms with van der Waals surface area (Å²) in [6.45, 7) is 3.97. The second-order valence-corrected chi connectivity index (χ2v) is 7.33. The molecule has 2 N–H and O–H groups in total. The molecule has 0 radical (unpaired) electrons. The minimum atomic E-state index is -0.362. The average molecular weight is 395 g/mol. The molecule has 0 spiro atoms. The fraction of sp³-hybridized carbons (Fsp3) is 0.200. The summed E-state index contributed by atoms with van der Waals surface area (Å²) in [7, 11) is 1.86. The number of carbonyl (C=O) groups is 2. The van der Waals surface area contributed by atoms with Gasteiger partial charge in [0.1, 0.15) is 0 Å². The first-order valence-electron chi connectivity index (χ1n) is 8.69. The van der Waals surface area contributed by atoms with Gasteiger partial charge in [0.05, 0.1) is 5.75 Å². The lowest BCUT2D eigenvalue weighted by Gasteiger charge is -2.07. The Morgan fingerprint density at radius 1 is 0.929 bits per heavy atom. The first kappa shape index (κ1) is 19.6. The normalized spacial score (nSPS) is 10.5. The molecule has 28 heavy (non-hydrogen) atoms. The van der Waals surface area contributed by atoms with Crippen molar-refractivity contribution in [3.63, 3.8) is 0 Å². The number of carbonyl (C=O) groups excluding carboxylic acids is 2. The zero-order valence-corrected chi connectivity index (χ0v) is 16.7. The predicted octanol–water partition coefficient (Wildman–Crippen LogP) is 2.65. The van der Waals surface area contributed by atoms with E-state index in [2.05, 4.69) is 21.0 Å². The van der Waals surface area contributed by atoms with Crippen LogP contribution in [-0.2, 0) is 11.8 Å². The molecule has 7 nitrogen and oxygen atoms in total. The van der Waals surface area contributed by atoms with E-state index in [4.69, 9.17) is 0 Å². The molecule has 3 aromatic rings. The summed E-state index contributed by atoms with van der Waals surface area (Å²) in [4.78, 5) is 24.0. The number of amides is 2. The number of thioether (sulfide) groups is 1. The van der Waals surface area contributed by atoms with E-state index < -0.39 is 0 Å². The lowest BCUT2D eigenvalue weighted by atomic mass is 10.1. The van der Waals surface area contributed by atoms with Crippen LogP contribution in [0.15, 0.2) is 53.7 Å². The molecule has 2 amide bonds. The topological polar surface area (TPSA) is 88.9 Å². The summed E-state index contributed by atoms with van der Waals surface area (Å²) in [6, 6.07) is 15.1. The van der Waals surface area contributed by atoms with Gasteiger partial charge in [0.15, 0.2) is 11.0 Å². The van der Waals surface area contributed by atoms with Crippen molar-refractivity contribution in [2.75, 3.05) is 5.75 Å². The maximum Gasteiger partial charge on any atom is 0.269 e. The Hall–Kier alpha value is -3.13. The third kappa shape index (κ3) is 4.77. The number of hydrazine groups is 1. The Kier molecular flexibility index (Phi) is 6.10. The Morgan fingerprint density at radius 2 is 1.54 bits per heavy atom. The Morgan fingerprint density at radius 3 is 2.18 bits per heavy atom. The molecule has 0 atom stereocenters. The first-order valence-corrected chi connectivity index (χ1v) is 9.67. The van der Waals surface area contributed by atoms with Crippen molar-refractivity contribution >= 4 is 23.6 Å². The molecule has 0 aliphatic rings. The van der Waals surface area contributed by atoms with E-state index in [1.54, 1.807) is 12.1 Å². The molecule has 0 saturated heterocycles. The van der Waals surface area contributed by atoms with Crippen LogP contribution in [0.5, 0.6) is 0 Å². The molecule has 8 heteroatoms. The van der Waals surface area contributed by atoms with Gasteiger partial charge in [-0.2, -0.15) is 0 Å². The van der Waals surface area contributed by atoms with Crippen LogP contribution in [0.1, 0.15) is 21.5 Å². The van der Waals surface area contributed by atoms with Crippen LogP contribution in [0, 0.1) is 13.8 Å². The van der Waals surface area contributed by atoms with Gasteiger partial charge in [-0.15, -0.1) is 10.2 Å². The Bertz CT molecular complexity index is 981. The zero-order chi connectivity index (χ0) is 20.1. The van der Waals surface area contributed by atoms with Gasteiger partial charge in [-0.3, -0.25) is 20.4 Å². The maximum atomic E-state index is 12.0. The van der Waals surface area contributed by atoms with Crippen LogP contribution in [0.4, 0.5) is 0 Å². The third-order valence-corrected chi connectivity index (χ3v) is 5.13. The number of benzene rings is 2. The highest BCUT2D eigenvalue weighted by atomic mass is 32.2. The van der Waals surface area contributed by atoms with E-state index in [-0.39, 0.29) is 17.6 Å². The average Bonchev–Trinajstić information content (AvgIpc) is 3.06. The molecule has 0 aliphatic heterocycles. The van der Waals surface area contributed by atoms with Gasteiger partial charge in [0.25, 0.3) is 5.91 Å². The van der Waals surface area contributed by atoms with Crippen LogP contribution in [0.25, 0.3) is 11.4 Å². The van der Waals surface area contributed by atoms with Crippen LogP contribution in [0.3, 0.4) is 0 Å². The summed E-state index contributed by atoms with van der Waals surface area (Å²) in [6.07, 6.45) is 0. The molecular weight excluding hydrogens is 374 g/mol. The third-order valence-electron chi connectivity index (χ3n) is 4.11. The van der Waals surface area contributed by atoms with E-state index in [1.165, 1.54) is 17.3 Å². The monoisotopic (exact) mass is 395 g/mol. The Labute approximate surface area is 167 Å². The van der Waals surface area contributed by atoms with Crippen molar-refractivity contribution in [3.05, 3.63) is 65.2 Å². The largest absolute Gasteiger partial charge is 0.305 e. The van der Waals surface area contributed by atoms with Gasteiger partial charge >= 0.3 is 0 Å². The van der Waals surface area contributed by atoms with Crippen molar-refractivity contribution in [1.29, 1.82) is 0 Å². The van der Waals surface area contributed by atoms with Crippen LogP contribution in [0.2, 0.25) is 0 Å². The summed E-state index contributed by atoms with van der Waals surface area (Å²) >= 11 is 1.25. The van der Waals surface area contributed by atoms with E-state index in [9.17, 15) is 9.59 Å². The summed E-state index contributed by atoms with van der Waals surface area (Å²) in [5, 5.41) is 8.97. The highest BCUT2D eigenvalue weighted by Gasteiger charge is 2.13. The number of aryl methyl sites for hydroxylation is 2. The van der Waals surface area contributed by atoms with Gasteiger partial charge in [0, 0.05) is 18.2 Å². The molecule has 1 heterocycles. The van der Waals surface area contributed by atoms with Gasteiger partial charge in [0.2, 0.25) is 5.91 Å². The van der Waals surface area contributed by atoms with Gasteiger partial charge in [-0.25, -0.2) is 0 Å². The van der Waals surface area contributed by atoms with Crippen LogP contribution in [-0.4, -0.2) is 32.3 Å². The summed E-state index contributed by atoms with van der Waals surface area (Å²) in [5.74, 6) is 0.146. The minimum Gasteiger partial charge on any atom is -0.305 e. The zero-order valence-electron chi connectivity index (χ0n) is 15.9. The lowest BCUT2D eigenvalue weighted by Crippen LogP contribution is -2.42. The Balaban J connectivity index is 1.53. The summed E-state index contributed by atoms with van der Waals surface area (Å²) < 4.78 is 1.84. The van der Waals surface area contributed by atoms with Crippen LogP contribution >= 0.6 is 11.8 Å². The molecule has 0 aliphatic carbocycles. The van der Waals surface area contributed by atoms with E-state index in [0.29, 0.717) is 10.7 Å². The molecule has 0 fully saturated rings. The number of rotatable bonds is 5. The number of hydrogen-bond donors (Lipinski definition) is 2. The smallest absolute Gasteiger partial charge is 0.269 e. The number of nitrogens with zero attached hydrogens (tertiary/aromatic N) is 3. The van der Waals surface area contributed by atoms with Crippen molar-refractivity contribution < 1.29 is 9.59 Å².